The molecule has 0 radical (unpaired) electrons. The SMILES string of the molecule is Cc1nc(N2CCN(C(=O)c3ccccc3S(=O)(=O)C(F)F)CC2)cc(-n2cccc2)n1. The molecule has 0 atom stereocenters. The molecule has 1 aromatic carbocycles. The van der Waals surface area contributed by atoms with Crippen LogP contribution < -0.4 is 4.90 Å². The summed E-state index contributed by atoms with van der Waals surface area (Å²) in [5.41, 5.74) is -0.242. The molecule has 3 heterocycles. The fraction of sp³-hybridized carbons (Fsp3) is 0.286. The maximum atomic E-state index is 13.1. The summed E-state index contributed by atoms with van der Waals surface area (Å²) in [4.78, 5) is 24.7. The van der Waals surface area contributed by atoms with Crippen LogP contribution in [-0.4, -0.2) is 65.7 Å². The zero-order valence-corrected chi connectivity index (χ0v) is 18.0. The van der Waals surface area contributed by atoms with Crippen molar-refractivity contribution in [2.45, 2.75) is 17.6 Å². The van der Waals surface area contributed by atoms with E-state index in [2.05, 4.69) is 9.97 Å². The first kappa shape index (κ1) is 21.9. The van der Waals surface area contributed by atoms with E-state index in [9.17, 15) is 22.0 Å². The van der Waals surface area contributed by atoms with Crippen molar-refractivity contribution in [3.05, 3.63) is 66.2 Å². The summed E-state index contributed by atoms with van der Waals surface area (Å²) in [5, 5.41) is 0. The van der Waals surface area contributed by atoms with Crippen LogP contribution in [0.3, 0.4) is 0 Å². The standard InChI is InChI=1S/C21H21F2N5O3S/c1-15-24-18(26-8-4-5-9-26)14-19(25-15)27-10-12-28(13-11-27)20(29)16-6-2-3-7-17(16)32(30,31)21(22)23/h2-9,14,21H,10-13H2,1H3. The number of rotatable bonds is 5. The third kappa shape index (κ3) is 4.20. The molecule has 0 unspecified atom stereocenters. The highest BCUT2D eigenvalue weighted by atomic mass is 32.2. The smallest absolute Gasteiger partial charge is 0.341 e. The average Bonchev–Trinajstić information content (AvgIpc) is 3.33. The van der Waals surface area contributed by atoms with Crippen LogP contribution in [0.1, 0.15) is 16.2 Å². The van der Waals surface area contributed by atoms with E-state index in [4.69, 9.17) is 0 Å². The number of aryl methyl sites for hydroxylation is 1. The van der Waals surface area contributed by atoms with E-state index in [1.807, 2.05) is 40.1 Å². The molecule has 32 heavy (non-hydrogen) atoms. The van der Waals surface area contributed by atoms with Crippen LogP contribution in [-0.2, 0) is 9.84 Å². The van der Waals surface area contributed by atoms with Gasteiger partial charge in [0.25, 0.3) is 5.91 Å². The quantitative estimate of drug-likeness (QED) is 0.580. The second kappa shape index (κ2) is 8.65. The molecule has 1 saturated heterocycles. The van der Waals surface area contributed by atoms with Gasteiger partial charge < -0.3 is 14.4 Å². The number of carbonyl (C=O) groups excluding carboxylic acids is 1. The van der Waals surface area contributed by atoms with E-state index < -0.39 is 26.4 Å². The first-order chi connectivity index (χ1) is 15.3. The lowest BCUT2D eigenvalue weighted by Crippen LogP contribution is -2.49. The van der Waals surface area contributed by atoms with Gasteiger partial charge in [0, 0.05) is 44.6 Å². The van der Waals surface area contributed by atoms with Gasteiger partial charge in [0.15, 0.2) is 0 Å². The molecule has 1 aliphatic rings. The number of anilines is 1. The number of nitrogens with zero attached hydrogens (tertiary/aromatic N) is 5. The van der Waals surface area contributed by atoms with Crippen molar-refractivity contribution in [3.8, 4) is 5.82 Å². The minimum absolute atomic E-state index is 0.242. The number of piperazine rings is 1. The predicted octanol–water partition coefficient (Wildman–Crippen LogP) is 2.53. The van der Waals surface area contributed by atoms with Crippen molar-refractivity contribution in [1.82, 2.24) is 19.4 Å². The number of alkyl halides is 2. The van der Waals surface area contributed by atoms with Gasteiger partial charge in [-0.2, -0.15) is 8.78 Å². The zero-order valence-electron chi connectivity index (χ0n) is 17.2. The Morgan fingerprint density at radius 1 is 0.969 bits per heavy atom. The largest absolute Gasteiger partial charge is 0.353 e. The molecule has 8 nitrogen and oxygen atoms in total. The highest BCUT2D eigenvalue weighted by Gasteiger charge is 2.33. The lowest BCUT2D eigenvalue weighted by molar-refractivity contribution is 0.0742. The molecule has 1 amide bonds. The number of halogens is 2. The van der Waals surface area contributed by atoms with Crippen molar-refractivity contribution >= 4 is 21.6 Å². The van der Waals surface area contributed by atoms with E-state index in [0.717, 1.165) is 11.9 Å². The average molecular weight is 461 g/mol. The van der Waals surface area contributed by atoms with Crippen LogP contribution in [0.25, 0.3) is 5.82 Å². The normalized spacial score (nSPS) is 14.8. The molecule has 0 bridgehead atoms. The lowest BCUT2D eigenvalue weighted by atomic mass is 10.2. The summed E-state index contributed by atoms with van der Waals surface area (Å²) < 4.78 is 52.0. The van der Waals surface area contributed by atoms with Crippen LogP contribution in [0.15, 0.2) is 59.8 Å². The third-order valence-electron chi connectivity index (χ3n) is 5.23. The number of sulfone groups is 1. The number of carbonyl (C=O) groups is 1. The lowest BCUT2D eigenvalue weighted by Gasteiger charge is -2.35. The van der Waals surface area contributed by atoms with Gasteiger partial charge in [0.2, 0.25) is 9.84 Å². The Morgan fingerprint density at radius 3 is 2.25 bits per heavy atom. The van der Waals surface area contributed by atoms with E-state index in [1.54, 1.807) is 6.92 Å². The first-order valence-electron chi connectivity index (χ1n) is 9.91. The van der Waals surface area contributed by atoms with Crippen molar-refractivity contribution in [2.24, 2.45) is 0 Å². The molecule has 0 aliphatic carbocycles. The maximum absolute atomic E-state index is 13.1. The van der Waals surface area contributed by atoms with Gasteiger partial charge in [0.1, 0.15) is 17.5 Å². The summed E-state index contributed by atoms with van der Waals surface area (Å²) in [7, 11) is -4.89. The van der Waals surface area contributed by atoms with Crippen molar-refractivity contribution in [3.63, 3.8) is 0 Å². The van der Waals surface area contributed by atoms with Crippen molar-refractivity contribution in [1.29, 1.82) is 0 Å². The summed E-state index contributed by atoms with van der Waals surface area (Å²) in [6.45, 7) is 3.30. The molecule has 4 rings (SSSR count). The molecule has 1 fully saturated rings. The molecular formula is C21H21F2N5O3S. The Hall–Kier alpha value is -3.34. The van der Waals surface area contributed by atoms with E-state index >= 15 is 0 Å². The molecule has 0 spiro atoms. The maximum Gasteiger partial charge on any atom is 0.341 e. The Labute approximate surface area is 184 Å². The van der Waals surface area contributed by atoms with Gasteiger partial charge in [-0.25, -0.2) is 18.4 Å². The first-order valence-corrected chi connectivity index (χ1v) is 11.5. The zero-order chi connectivity index (χ0) is 22.9. The monoisotopic (exact) mass is 461 g/mol. The van der Waals surface area contributed by atoms with Gasteiger partial charge in [0.05, 0.1) is 10.5 Å². The summed E-state index contributed by atoms with van der Waals surface area (Å²) in [6, 6.07) is 10.7. The predicted molar refractivity (Wildman–Crippen MR) is 114 cm³/mol. The highest BCUT2D eigenvalue weighted by molar-refractivity contribution is 7.91. The second-order valence-electron chi connectivity index (χ2n) is 7.30. The molecule has 2 aromatic heterocycles. The number of aromatic nitrogens is 3. The van der Waals surface area contributed by atoms with E-state index in [0.29, 0.717) is 37.8 Å². The molecule has 1 aliphatic heterocycles. The van der Waals surface area contributed by atoms with Crippen molar-refractivity contribution in [2.75, 3.05) is 31.1 Å². The molecular weight excluding hydrogens is 440 g/mol. The van der Waals surface area contributed by atoms with Crippen LogP contribution in [0.4, 0.5) is 14.6 Å². The molecule has 0 saturated carbocycles. The van der Waals surface area contributed by atoms with Crippen LogP contribution in [0.2, 0.25) is 0 Å². The van der Waals surface area contributed by atoms with Crippen molar-refractivity contribution < 1.29 is 22.0 Å². The fourth-order valence-electron chi connectivity index (χ4n) is 3.61. The van der Waals surface area contributed by atoms with Gasteiger partial charge >= 0.3 is 5.76 Å². The van der Waals surface area contributed by atoms with E-state index in [-0.39, 0.29) is 5.56 Å². The molecule has 3 aromatic rings. The van der Waals surface area contributed by atoms with Gasteiger partial charge in [-0.15, -0.1) is 0 Å². The summed E-state index contributed by atoms with van der Waals surface area (Å²) >= 11 is 0. The Morgan fingerprint density at radius 2 is 1.59 bits per heavy atom. The van der Waals surface area contributed by atoms with Gasteiger partial charge in [-0.3, -0.25) is 4.79 Å². The Bertz CT molecular complexity index is 1220. The van der Waals surface area contributed by atoms with E-state index in [1.165, 1.54) is 23.1 Å². The van der Waals surface area contributed by atoms with Crippen LogP contribution in [0.5, 0.6) is 0 Å². The minimum Gasteiger partial charge on any atom is -0.353 e. The van der Waals surface area contributed by atoms with Gasteiger partial charge in [-0.1, -0.05) is 12.1 Å². The molecule has 11 heteroatoms. The third-order valence-corrected chi connectivity index (χ3v) is 6.67. The second-order valence-corrected chi connectivity index (χ2v) is 9.19. The highest BCUT2D eigenvalue weighted by Crippen LogP contribution is 2.24. The van der Waals surface area contributed by atoms with Gasteiger partial charge in [-0.05, 0) is 31.2 Å². The summed E-state index contributed by atoms with van der Waals surface area (Å²) in [6.07, 6.45) is 3.76. The number of amides is 1. The number of hydrogen-bond acceptors (Lipinski definition) is 6. The number of benzene rings is 1. The fourth-order valence-corrected chi connectivity index (χ4v) is 4.54. The minimum atomic E-state index is -4.89. The Kier molecular flexibility index (Phi) is 5.92. The molecule has 168 valence electrons. The summed E-state index contributed by atoms with van der Waals surface area (Å²) in [5.74, 6) is -2.13. The van der Waals surface area contributed by atoms with Crippen LogP contribution in [0, 0.1) is 6.92 Å². The topological polar surface area (TPSA) is 88.4 Å². The molecule has 0 N–H and O–H groups in total. The van der Waals surface area contributed by atoms with Crippen LogP contribution >= 0.6 is 0 Å². The Balaban J connectivity index is 1.52. The number of hydrogen-bond donors (Lipinski definition) is 0.